The van der Waals surface area contributed by atoms with Crippen molar-refractivity contribution in [2.75, 3.05) is 11.9 Å². The second kappa shape index (κ2) is 5.20. The molecule has 0 atom stereocenters. The van der Waals surface area contributed by atoms with E-state index in [4.69, 9.17) is 0 Å². The van der Waals surface area contributed by atoms with Crippen molar-refractivity contribution in [1.82, 2.24) is 0 Å². The van der Waals surface area contributed by atoms with Crippen molar-refractivity contribution >= 4 is 11.4 Å². The highest BCUT2D eigenvalue weighted by Crippen LogP contribution is 2.49. The summed E-state index contributed by atoms with van der Waals surface area (Å²) in [6.07, 6.45) is 0. The maximum Gasteiger partial charge on any atom is 0.123 e. The number of benzene rings is 3. The summed E-state index contributed by atoms with van der Waals surface area (Å²) < 4.78 is 13.2. The Morgan fingerprint density at radius 1 is 0.750 bits per heavy atom. The molecule has 24 heavy (non-hydrogen) atoms. The lowest BCUT2D eigenvalue weighted by molar-refractivity contribution is 0.628. The van der Waals surface area contributed by atoms with E-state index in [2.05, 4.69) is 61.2 Å². The van der Waals surface area contributed by atoms with Crippen molar-refractivity contribution in [1.29, 1.82) is 0 Å². The van der Waals surface area contributed by atoms with Crippen molar-refractivity contribution in [3.05, 3.63) is 83.7 Å². The van der Waals surface area contributed by atoms with Crippen molar-refractivity contribution in [2.24, 2.45) is 0 Å². The van der Waals surface area contributed by atoms with Gasteiger partial charge in [-0.05, 0) is 58.7 Å². The molecule has 4 rings (SSSR count). The van der Waals surface area contributed by atoms with Gasteiger partial charge in [-0.1, -0.05) is 44.2 Å². The minimum absolute atomic E-state index is 0.00836. The quantitative estimate of drug-likeness (QED) is 0.569. The summed E-state index contributed by atoms with van der Waals surface area (Å²) in [4.78, 5) is 2.10. The Morgan fingerprint density at radius 2 is 1.38 bits per heavy atom. The molecule has 0 bridgehead atoms. The van der Waals surface area contributed by atoms with Crippen LogP contribution in [0.2, 0.25) is 0 Å². The Labute approximate surface area is 142 Å². The van der Waals surface area contributed by atoms with Crippen LogP contribution in [0.3, 0.4) is 0 Å². The highest BCUT2D eigenvalue weighted by molar-refractivity contribution is 5.83. The average molecular weight is 317 g/mol. The molecule has 120 valence electrons. The van der Waals surface area contributed by atoms with E-state index in [1.807, 2.05) is 19.2 Å². The minimum Gasteiger partial charge on any atom is -0.345 e. The van der Waals surface area contributed by atoms with Crippen LogP contribution in [0.1, 0.15) is 25.0 Å². The Kier molecular flexibility index (Phi) is 3.24. The average Bonchev–Trinajstić information content (AvgIpc) is 2.83. The number of nitrogens with zero attached hydrogens (tertiary/aromatic N) is 1. The first-order valence-electron chi connectivity index (χ1n) is 8.22. The molecule has 0 aromatic heterocycles. The first-order valence-corrected chi connectivity index (χ1v) is 8.22. The van der Waals surface area contributed by atoms with Crippen LogP contribution >= 0.6 is 0 Å². The molecule has 3 aromatic rings. The maximum atomic E-state index is 13.2. The van der Waals surface area contributed by atoms with E-state index in [1.165, 1.54) is 34.4 Å². The highest BCUT2D eigenvalue weighted by atomic mass is 19.1. The van der Waals surface area contributed by atoms with Gasteiger partial charge in [0.05, 0.1) is 0 Å². The molecule has 2 heteroatoms. The van der Waals surface area contributed by atoms with Gasteiger partial charge in [0.2, 0.25) is 0 Å². The summed E-state index contributed by atoms with van der Waals surface area (Å²) >= 11 is 0. The van der Waals surface area contributed by atoms with Gasteiger partial charge in [0.1, 0.15) is 5.82 Å². The SMILES string of the molecule is CN(c1ccc(F)cc1)c1ccc2c(c1)C(C)(C)c1ccccc1-2. The van der Waals surface area contributed by atoms with E-state index in [0.29, 0.717) is 0 Å². The highest BCUT2D eigenvalue weighted by Gasteiger charge is 2.35. The standard InChI is InChI=1S/C22H20FN/c1-22(2)20-7-5-4-6-18(20)19-13-12-17(14-21(19)22)24(3)16-10-8-15(23)9-11-16/h4-14H,1-3H3. The number of rotatable bonds is 2. The molecule has 1 aliphatic carbocycles. The van der Waals surface area contributed by atoms with Gasteiger partial charge < -0.3 is 4.90 Å². The predicted molar refractivity (Wildman–Crippen MR) is 98.5 cm³/mol. The second-order valence-corrected chi connectivity index (χ2v) is 6.94. The van der Waals surface area contributed by atoms with E-state index in [1.54, 1.807) is 0 Å². The molecular weight excluding hydrogens is 297 g/mol. The lowest BCUT2D eigenvalue weighted by Crippen LogP contribution is -2.16. The van der Waals surface area contributed by atoms with Gasteiger partial charge in [-0.15, -0.1) is 0 Å². The summed E-state index contributed by atoms with van der Waals surface area (Å²) in [5.74, 6) is -0.210. The van der Waals surface area contributed by atoms with Gasteiger partial charge in [-0.3, -0.25) is 0 Å². The van der Waals surface area contributed by atoms with Gasteiger partial charge >= 0.3 is 0 Å². The van der Waals surface area contributed by atoms with E-state index in [9.17, 15) is 4.39 Å². The van der Waals surface area contributed by atoms with E-state index >= 15 is 0 Å². The monoisotopic (exact) mass is 317 g/mol. The Bertz CT molecular complexity index is 910. The fraction of sp³-hybridized carbons (Fsp3) is 0.182. The topological polar surface area (TPSA) is 3.24 Å². The number of fused-ring (bicyclic) bond motifs is 3. The molecule has 0 N–H and O–H groups in total. The molecule has 0 amide bonds. The number of halogens is 1. The van der Waals surface area contributed by atoms with Crippen LogP contribution < -0.4 is 4.90 Å². The smallest absolute Gasteiger partial charge is 0.123 e. The van der Waals surface area contributed by atoms with Gasteiger partial charge in [0.25, 0.3) is 0 Å². The molecule has 0 aliphatic heterocycles. The lowest BCUT2D eigenvalue weighted by Gasteiger charge is -2.25. The number of hydrogen-bond donors (Lipinski definition) is 0. The predicted octanol–water partition coefficient (Wildman–Crippen LogP) is 5.90. The van der Waals surface area contributed by atoms with Crippen molar-refractivity contribution in [3.63, 3.8) is 0 Å². The second-order valence-electron chi connectivity index (χ2n) is 6.94. The number of anilines is 2. The zero-order valence-electron chi connectivity index (χ0n) is 14.2. The summed E-state index contributed by atoms with van der Waals surface area (Å²) in [6.45, 7) is 4.55. The van der Waals surface area contributed by atoms with Gasteiger partial charge in [-0.25, -0.2) is 4.39 Å². The minimum atomic E-state index is -0.210. The Balaban J connectivity index is 1.80. The lowest BCUT2D eigenvalue weighted by atomic mass is 9.82. The fourth-order valence-corrected chi connectivity index (χ4v) is 3.71. The summed E-state index contributed by atoms with van der Waals surface area (Å²) in [5, 5.41) is 0. The van der Waals surface area contributed by atoms with Crippen LogP contribution in [0.4, 0.5) is 15.8 Å². The van der Waals surface area contributed by atoms with E-state index in [-0.39, 0.29) is 11.2 Å². The Morgan fingerprint density at radius 3 is 2.12 bits per heavy atom. The molecule has 0 fully saturated rings. The van der Waals surface area contributed by atoms with Crippen molar-refractivity contribution in [3.8, 4) is 11.1 Å². The normalized spacial score (nSPS) is 14.2. The first-order chi connectivity index (χ1) is 11.5. The third-order valence-electron chi connectivity index (χ3n) is 5.17. The van der Waals surface area contributed by atoms with Crippen molar-refractivity contribution < 1.29 is 4.39 Å². The molecule has 0 saturated heterocycles. The number of hydrogen-bond acceptors (Lipinski definition) is 1. The summed E-state index contributed by atoms with van der Waals surface area (Å²) in [6, 6.07) is 21.9. The fourth-order valence-electron chi connectivity index (χ4n) is 3.71. The van der Waals surface area contributed by atoms with Gasteiger partial charge in [-0.2, -0.15) is 0 Å². The molecule has 0 unspecified atom stereocenters. The zero-order valence-corrected chi connectivity index (χ0v) is 14.2. The van der Waals surface area contributed by atoms with Crippen LogP contribution in [0, 0.1) is 5.82 Å². The first kappa shape index (κ1) is 14.9. The summed E-state index contributed by atoms with van der Waals surface area (Å²) in [7, 11) is 2.02. The van der Waals surface area contributed by atoms with Gasteiger partial charge in [0, 0.05) is 23.8 Å². The van der Waals surface area contributed by atoms with Crippen molar-refractivity contribution in [2.45, 2.75) is 19.3 Å². The van der Waals surface area contributed by atoms with Crippen LogP contribution in [-0.4, -0.2) is 7.05 Å². The van der Waals surface area contributed by atoms with Crippen LogP contribution in [-0.2, 0) is 5.41 Å². The Hall–Kier alpha value is -2.61. The van der Waals surface area contributed by atoms with E-state index in [0.717, 1.165) is 11.4 Å². The molecular formula is C22H20FN. The summed E-state index contributed by atoms with van der Waals surface area (Å²) in [5.41, 5.74) is 7.44. The van der Waals surface area contributed by atoms with E-state index < -0.39 is 0 Å². The zero-order chi connectivity index (χ0) is 16.9. The third kappa shape index (κ3) is 2.14. The third-order valence-corrected chi connectivity index (χ3v) is 5.17. The largest absolute Gasteiger partial charge is 0.345 e. The molecule has 3 aromatic carbocycles. The van der Waals surface area contributed by atoms with Crippen LogP contribution in [0.5, 0.6) is 0 Å². The maximum absolute atomic E-state index is 13.2. The molecule has 0 heterocycles. The van der Waals surface area contributed by atoms with Gasteiger partial charge in [0.15, 0.2) is 0 Å². The molecule has 1 aliphatic rings. The van der Waals surface area contributed by atoms with Crippen LogP contribution in [0.25, 0.3) is 11.1 Å². The van der Waals surface area contributed by atoms with Crippen LogP contribution in [0.15, 0.2) is 66.7 Å². The molecule has 0 spiro atoms. The molecule has 0 saturated carbocycles. The molecule has 0 radical (unpaired) electrons. The molecule has 1 nitrogen and oxygen atoms in total.